The van der Waals surface area contributed by atoms with Crippen molar-refractivity contribution in [2.75, 3.05) is 0 Å². The Kier molecular flexibility index (Phi) is 2.88. The molecule has 3 aliphatic rings. The summed E-state index contributed by atoms with van der Waals surface area (Å²) in [5, 5.41) is 0. The molecule has 3 atom stereocenters. The van der Waals surface area contributed by atoms with Gasteiger partial charge in [0, 0.05) is 12.3 Å². The Bertz CT molecular complexity index is 324. The first-order valence-electron chi connectivity index (χ1n) is 7.39. The molecule has 3 aliphatic carbocycles. The molecule has 1 nitrogen and oxygen atoms in total. The second-order valence-electron chi connectivity index (χ2n) is 6.60. The van der Waals surface area contributed by atoms with Crippen molar-refractivity contribution in [3.63, 3.8) is 0 Å². The Balaban J connectivity index is 1.59. The minimum Gasteiger partial charge on any atom is -0.299 e. The molecule has 2 unspecified atom stereocenters. The fourth-order valence-corrected chi connectivity index (χ4v) is 4.66. The van der Waals surface area contributed by atoms with E-state index in [2.05, 4.69) is 6.58 Å². The lowest BCUT2D eigenvalue weighted by molar-refractivity contribution is -0.120. The molecule has 0 heterocycles. The first-order chi connectivity index (χ1) is 8.26. The van der Waals surface area contributed by atoms with Gasteiger partial charge in [-0.05, 0) is 55.8 Å². The van der Waals surface area contributed by atoms with E-state index in [1.165, 1.54) is 44.9 Å². The standard InChI is InChI=1S/C16H24O/c1-2-3-6-14(17)15-12-7-10-16(11-13(12)15)8-4-5-9-16/h2,12-13,15H,1,3-11H2/t12?,13-,15?/m0/s1. The number of ketones is 1. The topological polar surface area (TPSA) is 17.1 Å². The highest BCUT2D eigenvalue weighted by atomic mass is 16.1. The summed E-state index contributed by atoms with van der Waals surface area (Å²) in [6.07, 6.45) is 13.4. The fourth-order valence-electron chi connectivity index (χ4n) is 4.66. The average molecular weight is 232 g/mol. The largest absolute Gasteiger partial charge is 0.299 e. The van der Waals surface area contributed by atoms with Crippen LogP contribution in [0.25, 0.3) is 0 Å². The van der Waals surface area contributed by atoms with Gasteiger partial charge in [-0.15, -0.1) is 6.58 Å². The van der Waals surface area contributed by atoms with Gasteiger partial charge in [-0.2, -0.15) is 0 Å². The van der Waals surface area contributed by atoms with Gasteiger partial charge in [-0.25, -0.2) is 0 Å². The van der Waals surface area contributed by atoms with Crippen molar-refractivity contribution >= 4 is 5.78 Å². The van der Waals surface area contributed by atoms with E-state index in [0.717, 1.165) is 24.7 Å². The molecule has 0 aliphatic heterocycles. The van der Waals surface area contributed by atoms with Crippen LogP contribution in [0.15, 0.2) is 12.7 Å². The van der Waals surface area contributed by atoms with E-state index in [1.54, 1.807) is 0 Å². The summed E-state index contributed by atoms with van der Waals surface area (Å²) in [7, 11) is 0. The van der Waals surface area contributed by atoms with Crippen LogP contribution in [0.2, 0.25) is 0 Å². The number of hydrogen-bond acceptors (Lipinski definition) is 1. The van der Waals surface area contributed by atoms with Crippen molar-refractivity contribution in [1.29, 1.82) is 0 Å². The van der Waals surface area contributed by atoms with Crippen LogP contribution < -0.4 is 0 Å². The van der Waals surface area contributed by atoms with Crippen LogP contribution in [0, 0.1) is 23.2 Å². The number of carbonyl (C=O) groups excluding carboxylic acids is 1. The van der Waals surface area contributed by atoms with Crippen molar-refractivity contribution in [2.24, 2.45) is 23.2 Å². The third kappa shape index (κ3) is 1.98. The lowest BCUT2D eigenvalue weighted by Crippen LogP contribution is -2.21. The van der Waals surface area contributed by atoms with E-state index in [0.29, 0.717) is 17.1 Å². The van der Waals surface area contributed by atoms with Crippen LogP contribution in [-0.4, -0.2) is 5.78 Å². The van der Waals surface area contributed by atoms with E-state index < -0.39 is 0 Å². The van der Waals surface area contributed by atoms with E-state index in [9.17, 15) is 4.79 Å². The summed E-state index contributed by atoms with van der Waals surface area (Å²) in [5.41, 5.74) is 0.675. The molecule has 17 heavy (non-hydrogen) atoms. The van der Waals surface area contributed by atoms with Crippen LogP contribution in [0.4, 0.5) is 0 Å². The summed E-state index contributed by atoms with van der Waals surface area (Å²) >= 11 is 0. The van der Waals surface area contributed by atoms with Gasteiger partial charge < -0.3 is 0 Å². The Morgan fingerprint density at radius 2 is 2.00 bits per heavy atom. The molecule has 3 saturated carbocycles. The molecule has 0 N–H and O–H groups in total. The zero-order chi connectivity index (χ0) is 11.9. The van der Waals surface area contributed by atoms with Crippen LogP contribution in [-0.2, 0) is 4.79 Å². The van der Waals surface area contributed by atoms with Gasteiger partial charge in [0.2, 0.25) is 0 Å². The summed E-state index contributed by atoms with van der Waals surface area (Å²) in [6.45, 7) is 3.71. The van der Waals surface area contributed by atoms with Crippen molar-refractivity contribution in [3.8, 4) is 0 Å². The molecule has 3 fully saturated rings. The van der Waals surface area contributed by atoms with Gasteiger partial charge in [0.05, 0.1) is 0 Å². The Morgan fingerprint density at radius 3 is 2.71 bits per heavy atom. The second-order valence-corrected chi connectivity index (χ2v) is 6.60. The summed E-state index contributed by atoms with van der Waals surface area (Å²) in [6, 6.07) is 0. The summed E-state index contributed by atoms with van der Waals surface area (Å²) in [5.74, 6) is 2.54. The van der Waals surface area contributed by atoms with Gasteiger partial charge in [0.25, 0.3) is 0 Å². The summed E-state index contributed by atoms with van der Waals surface area (Å²) < 4.78 is 0. The smallest absolute Gasteiger partial charge is 0.136 e. The molecule has 0 aromatic heterocycles. The molecule has 0 aromatic carbocycles. The second kappa shape index (κ2) is 4.26. The normalized spacial score (nSPS) is 37.8. The van der Waals surface area contributed by atoms with Crippen LogP contribution in [0.3, 0.4) is 0 Å². The molecule has 0 aromatic rings. The van der Waals surface area contributed by atoms with Gasteiger partial charge in [0.1, 0.15) is 5.78 Å². The highest BCUT2D eigenvalue weighted by Gasteiger charge is 2.59. The van der Waals surface area contributed by atoms with E-state index >= 15 is 0 Å². The van der Waals surface area contributed by atoms with Crippen LogP contribution >= 0.6 is 0 Å². The predicted octanol–water partition coefficient (Wildman–Crippen LogP) is 4.13. The lowest BCUT2D eigenvalue weighted by Gasteiger charge is -2.32. The van der Waals surface area contributed by atoms with E-state index in [-0.39, 0.29) is 0 Å². The maximum atomic E-state index is 12.1. The average Bonchev–Trinajstić information content (AvgIpc) is 2.87. The Hall–Kier alpha value is -0.590. The zero-order valence-corrected chi connectivity index (χ0v) is 10.8. The predicted molar refractivity (Wildman–Crippen MR) is 69.7 cm³/mol. The third-order valence-corrected chi connectivity index (χ3v) is 5.64. The minimum absolute atomic E-state index is 0.454. The Labute approximate surface area is 105 Å². The van der Waals surface area contributed by atoms with Crippen molar-refractivity contribution in [1.82, 2.24) is 0 Å². The van der Waals surface area contributed by atoms with Gasteiger partial charge in [-0.1, -0.05) is 18.9 Å². The quantitative estimate of drug-likeness (QED) is 0.666. The first-order valence-corrected chi connectivity index (χ1v) is 7.39. The summed E-state index contributed by atoms with van der Waals surface area (Å²) in [4.78, 5) is 12.1. The van der Waals surface area contributed by atoms with Crippen LogP contribution in [0.1, 0.15) is 57.8 Å². The number of carbonyl (C=O) groups is 1. The molecular weight excluding hydrogens is 208 g/mol. The van der Waals surface area contributed by atoms with Crippen LogP contribution in [0.5, 0.6) is 0 Å². The molecule has 1 spiro atoms. The number of hydrogen-bond donors (Lipinski definition) is 0. The van der Waals surface area contributed by atoms with E-state index in [4.69, 9.17) is 0 Å². The lowest BCUT2D eigenvalue weighted by atomic mass is 9.73. The molecule has 0 saturated heterocycles. The molecule has 1 heteroatoms. The highest BCUT2D eigenvalue weighted by Crippen LogP contribution is 2.64. The third-order valence-electron chi connectivity index (χ3n) is 5.64. The number of allylic oxidation sites excluding steroid dienone is 1. The molecule has 0 radical (unpaired) electrons. The number of rotatable bonds is 4. The zero-order valence-electron chi connectivity index (χ0n) is 10.8. The minimum atomic E-state index is 0.454. The van der Waals surface area contributed by atoms with Crippen molar-refractivity contribution in [2.45, 2.75) is 57.8 Å². The van der Waals surface area contributed by atoms with Gasteiger partial charge in [0.15, 0.2) is 0 Å². The molecule has 94 valence electrons. The monoisotopic (exact) mass is 232 g/mol. The fraction of sp³-hybridized carbons (Fsp3) is 0.812. The number of Topliss-reactive ketones (excluding diaryl/α,β-unsaturated/α-hetero) is 1. The first kappa shape index (κ1) is 11.5. The molecular formula is C16H24O. The highest BCUT2D eigenvalue weighted by molar-refractivity contribution is 5.84. The van der Waals surface area contributed by atoms with Gasteiger partial charge in [-0.3, -0.25) is 4.79 Å². The van der Waals surface area contributed by atoms with Crippen molar-refractivity contribution < 1.29 is 4.79 Å². The van der Waals surface area contributed by atoms with Crippen molar-refractivity contribution in [3.05, 3.63) is 12.7 Å². The van der Waals surface area contributed by atoms with Gasteiger partial charge >= 0.3 is 0 Å². The maximum absolute atomic E-state index is 12.1. The molecule has 0 amide bonds. The molecule has 3 rings (SSSR count). The van der Waals surface area contributed by atoms with E-state index in [1.807, 2.05) is 6.08 Å². The SMILES string of the molecule is C=CCCC(=O)C1C2CCC3(CCCC3)C[C@@H]21. The number of fused-ring (bicyclic) bond motifs is 1. The molecule has 0 bridgehead atoms. The Morgan fingerprint density at radius 1 is 1.24 bits per heavy atom. The maximum Gasteiger partial charge on any atom is 0.136 e.